The van der Waals surface area contributed by atoms with E-state index in [9.17, 15) is 0 Å². The van der Waals surface area contributed by atoms with E-state index in [2.05, 4.69) is 236 Å². The summed E-state index contributed by atoms with van der Waals surface area (Å²) in [5.41, 5.74) is 27.8. The van der Waals surface area contributed by atoms with Crippen LogP contribution >= 0.6 is 0 Å². The molecule has 0 bridgehead atoms. The minimum atomic E-state index is -0.234. The third kappa shape index (κ3) is 5.14. The van der Waals surface area contributed by atoms with Crippen LogP contribution in [-0.2, 0) is 28.1 Å². The number of anilines is 4. The molecule has 2 nitrogen and oxygen atoms in total. The van der Waals surface area contributed by atoms with Gasteiger partial charge in [0.05, 0.1) is 0 Å². The number of rotatable bonds is 6. The molecule has 4 aliphatic carbocycles. The van der Waals surface area contributed by atoms with Crippen LogP contribution in [0, 0.1) is 0 Å². The van der Waals surface area contributed by atoms with E-state index < -0.39 is 0 Å². The second-order valence-corrected chi connectivity index (χ2v) is 20.9. The summed E-state index contributed by atoms with van der Waals surface area (Å²) in [5, 5.41) is 0. The zero-order valence-electron chi connectivity index (χ0n) is 38.7. The molecule has 4 aliphatic rings. The highest BCUT2D eigenvalue weighted by atomic mass is 15.1. The molecule has 8 aromatic rings. The molecule has 0 aliphatic heterocycles. The lowest BCUT2D eigenvalue weighted by Crippen LogP contribution is -2.25. The Bertz CT molecular complexity index is 3290. The predicted octanol–water partition coefficient (Wildman–Crippen LogP) is 15.7. The molecule has 2 heteroatoms. The van der Waals surface area contributed by atoms with E-state index in [1.54, 1.807) is 0 Å². The predicted molar refractivity (Wildman–Crippen MR) is 270 cm³/mol. The smallest absolute Gasteiger partial charge is 0.0493 e. The molecule has 0 amide bonds. The Hall–Kier alpha value is -6.64. The minimum Gasteiger partial charge on any atom is -0.345 e. The van der Waals surface area contributed by atoms with Gasteiger partial charge in [0.1, 0.15) is 0 Å². The summed E-state index contributed by atoms with van der Waals surface area (Å²) in [6, 6.07) is 62.6. The lowest BCUT2D eigenvalue weighted by Gasteiger charge is -2.32. The van der Waals surface area contributed by atoms with Gasteiger partial charge < -0.3 is 9.80 Å². The minimum absolute atomic E-state index is 0.00942. The van der Waals surface area contributed by atoms with Crippen LogP contribution in [0.4, 0.5) is 22.7 Å². The molecule has 12 rings (SSSR count). The molecule has 0 heterocycles. The number of nitrogens with zero attached hydrogens (tertiary/aromatic N) is 2. The molecule has 0 spiro atoms. The molecule has 0 N–H and O–H groups in total. The average Bonchev–Trinajstić information content (AvgIpc) is 3.89. The van der Waals surface area contributed by atoms with Crippen LogP contribution in [0.25, 0.3) is 44.5 Å². The molecule has 314 valence electrons. The van der Waals surface area contributed by atoms with Gasteiger partial charge in [0.25, 0.3) is 0 Å². The van der Waals surface area contributed by atoms with Gasteiger partial charge in [0.15, 0.2) is 0 Å². The van der Waals surface area contributed by atoms with Crippen molar-refractivity contribution in [3.05, 3.63) is 214 Å². The summed E-state index contributed by atoms with van der Waals surface area (Å²) in [7, 11) is 4.52. The Morgan fingerprint density at radius 3 is 1.38 bits per heavy atom. The van der Waals surface area contributed by atoms with Crippen LogP contribution in [0.2, 0.25) is 0 Å². The fourth-order valence-corrected chi connectivity index (χ4v) is 12.8. The number of fused-ring (bicyclic) bond motifs is 12. The molecular weight excluding hydrogens is 773 g/mol. The first-order chi connectivity index (χ1) is 30.7. The van der Waals surface area contributed by atoms with Crippen LogP contribution in [0.1, 0.15) is 98.5 Å². The van der Waals surface area contributed by atoms with E-state index in [1.807, 2.05) is 0 Å². The van der Waals surface area contributed by atoms with Gasteiger partial charge in [-0.3, -0.25) is 0 Å². The fraction of sp³-hybridized carbons (Fsp3) is 0.226. The quantitative estimate of drug-likeness (QED) is 0.165. The molecule has 0 saturated carbocycles. The molecule has 0 aromatic heterocycles. The van der Waals surface area contributed by atoms with E-state index >= 15 is 0 Å². The first-order valence-electron chi connectivity index (χ1n) is 23.2. The van der Waals surface area contributed by atoms with E-state index in [-0.39, 0.29) is 21.7 Å². The largest absolute Gasteiger partial charge is 0.345 e. The maximum atomic E-state index is 2.56. The molecule has 64 heavy (non-hydrogen) atoms. The Kier molecular flexibility index (Phi) is 8.05. The lowest BCUT2D eigenvalue weighted by molar-refractivity contribution is 0.581. The molecule has 8 aromatic carbocycles. The van der Waals surface area contributed by atoms with Gasteiger partial charge >= 0.3 is 0 Å². The van der Waals surface area contributed by atoms with Crippen LogP contribution < -0.4 is 9.80 Å². The highest BCUT2D eigenvalue weighted by molar-refractivity contribution is 5.97. The second kappa shape index (κ2) is 13.2. The number of hydrogen-bond acceptors (Lipinski definition) is 2. The number of benzene rings is 8. The van der Waals surface area contributed by atoms with Crippen LogP contribution in [-0.4, -0.2) is 14.1 Å². The van der Waals surface area contributed by atoms with Gasteiger partial charge in [-0.2, -0.15) is 0 Å². The highest BCUT2D eigenvalue weighted by Gasteiger charge is 2.43. The Morgan fingerprint density at radius 2 is 0.750 bits per heavy atom. The van der Waals surface area contributed by atoms with E-state index in [1.165, 1.54) is 117 Å². The molecule has 1 atom stereocenters. The summed E-state index contributed by atoms with van der Waals surface area (Å²) in [6.07, 6.45) is 0.884. The molecule has 1 unspecified atom stereocenters. The summed E-state index contributed by atoms with van der Waals surface area (Å²) >= 11 is 0. The zero-order chi connectivity index (χ0) is 44.1. The van der Waals surface area contributed by atoms with E-state index in [4.69, 9.17) is 0 Å². The van der Waals surface area contributed by atoms with Crippen molar-refractivity contribution in [3.8, 4) is 44.5 Å². The third-order valence-corrected chi connectivity index (χ3v) is 16.3. The van der Waals surface area contributed by atoms with Crippen LogP contribution in [0.5, 0.6) is 0 Å². The summed E-state index contributed by atoms with van der Waals surface area (Å²) in [6.45, 7) is 16.8. The van der Waals surface area contributed by atoms with Gasteiger partial charge in [0.2, 0.25) is 0 Å². The summed E-state index contributed by atoms with van der Waals surface area (Å²) in [5.74, 6) is 0. The normalized spacial score (nSPS) is 18.0. The van der Waals surface area contributed by atoms with Crippen molar-refractivity contribution in [1.29, 1.82) is 0 Å². The molecule has 0 radical (unpaired) electrons. The topological polar surface area (TPSA) is 6.48 Å². The van der Waals surface area contributed by atoms with Crippen molar-refractivity contribution >= 4 is 22.7 Å². The van der Waals surface area contributed by atoms with E-state index in [0.717, 1.165) is 6.42 Å². The Labute approximate surface area is 379 Å². The first-order valence-corrected chi connectivity index (χ1v) is 23.2. The van der Waals surface area contributed by atoms with Crippen molar-refractivity contribution in [2.75, 3.05) is 23.9 Å². The lowest BCUT2D eigenvalue weighted by atomic mass is 9.74. The van der Waals surface area contributed by atoms with Crippen molar-refractivity contribution in [1.82, 2.24) is 0 Å². The van der Waals surface area contributed by atoms with Crippen LogP contribution in [0.3, 0.4) is 0 Å². The first kappa shape index (κ1) is 39.0. The van der Waals surface area contributed by atoms with E-state index in [0.29, 0.717) is 0 Å². The Balaban J connectivity index is 0.974. The summed E-state index contributed by atoms with van der Waals surface area (Å²) in [4.78, 5) is 4.88. The monoisotopic (exact) mass is 828 g/mol. The molecular formula is C62H56N2. The van der Waals surface area contributed by atoms with Gasteiger partial charge in [0, 0.05) is 69.6 Å². The van der Waals surface area contributed by atoms with Gasteiger partial charge in [-0.15, -0.1) is 0 Å². The standard InChI is InChI=1S/C62H56N2/c1-59(2)47-23-14-10-19-41(47)45-35-39(29-31-50(45)59)63(8)40-30-32-52-46(36-40)42-20-11-17-26-51(42)62(52,7)37-38-33-54-58(44-22-13-16-25-49(44)61(54,5)6)56(34-38)64(9)55-28-18-27-53-57(55)43-21-12-15-24-48(43)60(53,3)4/h10-36H,37H2,1-9H3. The Morgan fingerprint density at radius 1 is 0.328 bits per heavy atom. The zero-order valence-corrected chi connectivity index (χ0v) is 38.7. The molecule has 0 fully saturated rings. The highest BCUT2D eigenvalue weighted by Crippen LogP contribution is 2.58. The van der Waals surface area contributed by atoms with Crippen molar-refractivity contribution in [3.63, 3.8) is 0 Å². The maximum Gasteiger partial charge on any atom is 0.0493 e. The SMILES string of the molecule is CN(c1ccc2c(c1)-c1ccccc1C2(C)C)c1ccc2c(c1)-c1ccccc1C2(C)Cc1cc(N(C)c2cccc3c2-c2ccccc2C3(C)C)c2c(c1)C(C)(C)c1ccccc1-2. The fourth-order valence-electron chi connectivity index (χ4n) is 12.8. The maximum absolute atomic E-state index is 2.56. The van der Waals surface area contributed by atoms with Crippen molar-refractivity contribution < 1.29 is 0 Å². The average molecular weight is 829 g/mol. The van der Waals surface area contributed by atoms with Crippen molar-refractivity contribution in [2.24, 2.45) is 0 Å². The molecule has 0 saturated heterocycles. The van der Waals surface area contributed by atoms with Crippen LogP contribution in [0.15, 0.2) is 164 Å². The second-order valence-electron chi connectivity index (χ2n) is 20.9. The number of hydrogen-bond donors (Lipinski definition) is 0. The van der Waals surface area contributed by atoms with Gasteiger partial charge in [-0.1, -0.05) is 176 Å². The third-order valence-electron chi connectivity index (χ3n) is 16.3. The van der Waals surface area contributed by atoms with Gasteiger partial charge in [-0.25, -0.2) is 0 Å². The van der Waals surface area contributed by atoms with Gasteiger partial charge in [-0.05, 0) is 126 Å². The summed E-state index contributed by atoms with van der Waals surface area (Å²) < 4.78 is 0. The van der Waals surface area contributed by atoms with Crippen molar-refractivity contribution in [2.45, 2.75) is 76.5 Å².